The van der Waals surface area contributed by atoms with E-state index in [9.17, 15) is 9.59 Å². The average molecular weight is 544 g/mol. The number of pyridine rings is 1. The predicted molar refractivity (Wildman–Crippen MR) is 164 cm³/mol. The molecule has 0 bridgehead atoms. The molecule has 3 aromatic carbocycles. The molecule has 0 saturated carbocycles. The molecule has 7 heteroatoms. The van der Waals surface area contributed by atoms with Crippen LogP contribution < -0.4 is 16.0 Å². The number of fused-ring (bicyclic) bond motifs is 1. The van der Waals surface area contributed by atoms with Crippen LogP contribution in [-0.2, 0) is 22.6 Å². The normalized spacial score (nSPS) is 16.0. The molecule has 1 saturated heterocycles. The van der Waals surface area contributed by atoms with Gasteiger partial charge in [-0.15, -0.1) is 0 Å². The molecule has 1 aromatic heterocycles. The number of benzene rings is 3. The smallest absolute Gasteiger partial charge is 0.258 e. The zero-order valence-electron chi connectivity index (χ0n) is 22.9. The van der Waals surface area contributed by atoms with Crippen molar-refractivity contribution in [2.75, 3.05) is 29.0 Å². The third-order valence-electron chi connectivity index (χ3n) is 7.53. The SMILES string of the molecule is O=C(Cc1cccnc1)Nc1ccc2c(c1)C(=C(Nc1ccc(CN3CCCCC3)cc1)c1ccccc1)C(=O)N2. The number of rotatable bonds is 8. The molecule has 0 spiro atoms. The Morgan fingerprint density at radius 3 is 2.37 bits per heavy atom. The Labute approximate surface area is 240 Å². The van der Waals surface area contributed by atoms with Crippen LogP contribution in [0.25, 0.3) is 11.3 Å². The number of carbonyl (C=O) groups excluding carboxylic acids is 2. The topological polar surface area (TPSA) is 86.4 Å². The quantitative estimate of drug-likeness (QED) is 0.231. The first-order chi connectivity index (χ1) is 20.1. The Morgan fingerprint density at radius 2 is 1.61 bits per heavy atom. The summed E-state index contributed by atoms with van der Waals surface area (Å²) in [6, 6.07) is 27.5. The maximum atomic E-state index is 13.4. The summed E-state index contributed by atoms with van der Waals surface area (Å²) in [5.74, 6) is -0.335. The number of hydrogen-bond acceptors (Lipinski definition) is 5. The van der Waals surface area contributed by atoms with Crippen LogP contribution in [0.2, 0.25) is 0 Å². The van der Waals surface area contributed by atoms with E-state index in [-0.39, 0.29) is 18.2 Å². The van der Waals surface area contributed by atoms with Gasteiger partial charge in [0, 0.05) is 41.6 Å². The molecule has 0 unspecified atom stereocenters. The van der Waals surface area contributed by atoms with E-state index in [2.05, 4.69) is 50.1 Å². The van der Waals surface area contributed by atoms with Crippen LogP contribution in [-0.4, -0.2) is 34.8 Å². The third-order valence-corrected chi connectivity index (χ3v) is 7.53. The molecule has 4 aromatic rings. The third kappa shape index (κ3) is 6.36. The molecule has 2 aliphatic heterocycles. The van der Waals surface area contributed by atoms with Crippen molar-refractivity contribution >= 4 is 40.1 Å². The second kappa shape index (κ2) is 12.2. The summed E-state index contributed by atoms with van der Waals surface area (Å²) < 4.78 is 0. The summed E-state index contributed by atoms with van der Waals surface area (Å²) in [4.78, 5) is 32.7. The van der Waals surface area contributed by atoms with Gasteiger partial charge in [-0.2, -0.15) is 0 Å². The zero-order valence-corrected chi connectivity index (χ0v) is 22.9. The van der Waals surface area contributed by atoms with Gasteiger partial charge in [0.2, 0.25) is 5.91 Å². The minimum Gasteiger partial charge on any atom is -0.354 e. The van der Waals surface area contributed by atoms with Crippen LogP contribution in [0.3, 0.4) is 0 Å². The van der Waals surface area contributed by atoms with Gasteiger partial charge in [0.05, 0.1) is 17.7 Å². The Balaban J connectivity index is 1.28. The number of nitrogens with one attached hydrogen (secondary N) is 3. The van der Waals surface area contributed by atoms with Crippen molar-refractivity contribution < 1.29 is 9.59 Å². The van der Waals surface area contributed by atoms with Crippen molar-refractivity contribution in [2.24, 2.45) is 0 Å². The Morgan fingerprint density at radius 1 is 0.829 bits per heavy atom. The Bertz CT molecular complexity index is 1560. The van der Waals surface area contributed by atoms with Crippen molar-refractivity contribution in [1.82, 2.24) is 9.88 Å². The van der Waals surface area contributed by atoms with Gasteiger partial charge in [-0.05, 0) is 79.0 Å². The summed E-state index contributed by atoms with van der Waals surface area (Å²) in [6.45, 7) is 3.27. The highest BCUT2D eigenvalue weighted by molar-refractivity contribution is 6.37. The fourth-order valence-corrected chi connectivity index (χ4v) is 5.48. The fourth-order valence-electron chi connectivity index (χ4n) is 5.48. The maximum absolute atomic E-state index is 13.4. The van der Waals surface area contributed by atoms with Crippen molar-refractivity contribution in [3.05, 3.63) is 120 Å². The van der Waals surface area contributed by atoms with Gasteiger partial charge in [-0.3, -0.25) is 19.5 Å². The lowest BCUT2D eigenvalue weighted by Crippen LogP contribution is -2.29. The van der Waals surface area contributed by atoms with E-state index in [0.717, 1.165) is 42.0 Å². The number of anilines is 3. The van der Waals surface area contributed by atoms with Crippen molar-refractivity contribution in [3.8, 4) is 0 Å². The largest absolute Gasteiger partial charge is 0.354 e. The monoisotopic (exact) mass is 543 g/mol. The molecule has 0 aliphatic carbocycles. The number of amides is 2. The average Bonchev–Trinajstić information content (AvgIpc) is 3.33. The van der Waals surface area contributed by atoms with Gasteiger partial charge in [0.15, 0.2) is 0 Å². The van der Waals surface area contributed by atoms with Crippen LogP contribution in [0.4, 0.5) is 17.1 Å². The lowest BCUT2D eigenvalue weighted by atomic mass is 9.99. The van der Waals surface area contributed by atoms with E-state index in [1.54, 1.807) is 18.5 Å². The Hall–Kier alpha value is -4.75. The summed E-state index contributed by atoms with van der Waals surface area (Å²) in [6.07, 6.45) is 7.45. The number of carbonyl (C=O) groups is 2. The van der Waals surface area contributed by atoms with E-state index < -0.39 is 0 Å². The zero-order chi connectivity index (χ0) is 28.0. The molecule has 3 heterocycles. The first-order valence-corrected chi connectivity index (χ1v) is 14.1. The number of piperidine rings is 1. The molecule has 2 aliphatic rings. The van der Waals surface area contributed by atoms with Crippen LogP contribution in [0, 0.1) is 0 Å². The lowest BCUT2D eigenvalue weighted by molar-refractivity contribution is -0.115. The Kier molecular flexibility index (Phi) is 7.87. The van der Waals surface area contributed by atoms with E-state index in [1.807, 2.05) is 54.6 Å². The fraction of sp³-hybridized carbons (Fsp3) is 0.206. The summed E-state index contributed by atoms with van der Waals surface area (Å²) >= 11 is 0. The van der Waals surface area contributed by atoms with Gasteiger partial charge in [0.25, 0.3) is 5.91 Å². The van der Waals surface area contributed by atoms with Crippen molar-refractivity contribution in [3.63, 3.8) is 0 Å². The number of hydrogen-bond donors (Lipinski definition) is 3. The highest BCUT2D eigenvalue weighted by atomic mass is 16.2. The predicted octanol–water partition coefficient (Wildman–Crippen LogP) is 6.18. The molecule has 41 heavy (non-hydrogen) atoms. The van der Waals surface area contributed by atoms with Gasteiger partial charge in [-0.25, -0.2) is 0 Å². The molecular weight excluding hydrogens is 510 g/mol. The van der Waals surface area contributed by atoms with Crippen molar-refractivity contribution in [1.29, 1.82) is 0 Å². The minimum atomic E-state index is -0.188. The van der Waals surface area contributed by atoms with Gasteiger partial charge in [0.1, 0.15) is 0 Å². The first kappa shape index (κ1) is 26.5. The number of aromatic nitrogens is 1. The molecule has 206 valence electrons. The van der Waals surface area contributed by atoms with E-state index in [4.69, 9.17) is 0 Å². The molecule has 2 amide bonds. The molecule has 0 atom stereocenters. The second-order valence-corrected chi connectivity index (χ2v) is 10.6. The molecule has 0 radical (unpaired) electrons. The standard InChI is InChI=1S/C34H33N5O2/c40-31(20-25-8-7-17-35-22-25)36-28-15-16-30-29(21-28)32(34(41)38-30)33(26-9-3-1-4-10-26)37-27-13-11-24(12-14-27)23-39-18-5-2-6-19-39/h1,3-4,7-17,21-22,37H,2,5-6,18-20,23H2,(H,36,40)(H,38,41). The van der Waals surface area contributed by atoms with Crippen LogP contribution in [0.15, 0.2) is 97.3 Å². The highest BCUT2D eigenvalue weighted by Gasteiger charge is 2.29. The molecule has 7 nitrogen and oxygen atoms in total. The summed E-state index contributed by atoms with van der Waals surface area (Å²) in [7, 11) is 0. The van der Waals surface area contributed by atoms with Gasteiger partial charge >= 0.3 is 0 Å². The first-order valence-electron chi connectivity index (χ1n) is 14.1. The molecule has 3 N–H and O–H groups in total. The lowest BCUT2D eigenvalue weighted by Gasteiger charge is -2.26. The van der Waals surface area contributed by atoms with Gasteiger partial charge in [-0.1, -0.05) is 55.0 Å². The molecule has 1 fully saturated rings. The summed E-state index contributed by atoms with van der Waals surface area (Å²) in [5.41, 5.74) is 7.24. The van der Waals surface area contributed by atoms with E-state index in [0.29, 0.717) is 22.6 Å². The second-order valence-electron chi connectivity index (χ2n) is 10.6. The van der Waals surface area contributed by atoms with E-state index >= 15 is 0 Å². The molecule has 6 rings (SSSR count). The van der Waals surface area contributed by atoms with Crippen LogP contribution >= 0.6 is 0 Å². The summed E-state index contributed by atoms with van der Waals surface area (Å²) in [5, 5.41) is 9.51. The highest BCUT2D eigenvalue weighted by Crippen LogP contribution is 2.39. The minimum absolute atomic E-state index is 0.146. The van der Waals surface area contributed by atoms with Gasteiger partial charge < -0.3 is 16.0 Å². The molecular formula is C34H33N5O2. The number of likely N-dealkylation sites (tertiary alicyclic amines) is 1. The van der Waals surface area contributed by atoms with Crippen LogP contribution in [0.1, 0.15) is 41.5 Å². The van der Waals surface area contributed by atoms with Crippen molar-refractivity contribution in [2.45, 2.75) is 32.2 Å². The maximum Gasteiger partial charge on any atom is 0.258 e. The number of nitrogens with zero attached hydrogens (tertiary/aromatic N) is 2. The van der Waals surface area contributed by atoms with Crippen LogP contribution in [0.5, 0.6) is 0 Å². The van der Waals surface area contributed by atoms with E-state index in [1.165, 1.54) is 24.8 Å².